The molecule has 0 radical (unpaired) electrons. The number of sulfonamides is 1. The van der Waals surface area contributed by atoms with Gasteiger partial charge in [-0.1, -0.05) is 26.0 Å². The number of benzene rings is 1. The molecule has 0 aromatic heterocycles. The summed E-state index contributed by atoms with van der Waals surface area (Å²) in [6.07, 6.45) is 1.04. The fraction of sp³-hybridized carbons (Fsp3) is 0.417. The van der Waals surface area contributed by atoms with Crippen LogP contribution in [0.25, 0.3) is 0 Å². The SMILES string of the molecule is CC(C)c1ccc(N(CC(=O)Cl)S(C)(=O)=O)cc1. The van der Waals surface area contributed by atoms with E-state index in [1.807, 2.05) is 26.0 Å². The van der Waals surface area contributed by atoms with Crippen LogP contribution in [-0.4, -0.2) is 26.5 Å². The zero-order valence-corrected chi connectivity index (χ0v) is 12.1. The highest BCUT2D eigenvalue weighted by atomic mass is 35.5. The van der Waals surface area contributed by atoms with Crippen molar-refractivity contribution < 1.29 is 13.2 Å². The molecule has 1 aromatic rings. The van der Waals surface area contributed by atoms with Crippen LogP contribution in [0.5, 0.6) is 0 Å². The van der Waals surface area contributed by atoms with Crippen molar-refractivity contribution in [3.63, 3.8) is 0 Å². The lowest BCUT2D eigenvalue weighted by atomic mass is 10.0. The fourth-order valence-corrected chi connectivity index (χ4v) is 2.59. The molecule has 4 nitrogen and oxygen atoms in total. The van der Waals surface area contributed by atoms with Crippen molar-refractivity contribution in [3.8, 4) is 0 Å². The van der Waals surface area contributed by atoms with Crippen molar-refractivity contribution in [2.45, 2.75) is 19.8 Å². The molecule has 0 bridgehead atoms. The quantitative estimate of drug-likeness (QED) is 0.782. The van der Waals surface area contributed by atoms with Gasteiger partial charge in [0, 0.05) is 0 Å². The Labute approximate surface area is 113 Å². The molecule has 1 aromatic carbocycles. The molecule has 1 rings (SSSR count). The van der Waals surface area contributed by atoms with E-state index in [1.165, 1.54) is 0 Å². The lowest BCUT2D eigenvalue weighted by Gasteiger charge is -2.21. The van der Waals surface area contributed by atoms with Gasteiger partial charge in [-0.15, -0.1) is 0 Å². The van der Waals surface area contributed by atoms with Gasteiger partial charge >= 0.3 is 0 Å². The van der Waals surface area contributed by atoms with Gasteiger partial charge in [-0.05, 0) is 35.2 Å². The Morgan fingerprint density at radius 1 is 1.28 bits per heavy atom. The van der Waals surface area contributed by atoms with Crippen LogP contribution in [0.3, 0.4) is 0 Å². The second kappa shape index (κ2) is 5.71. The summed E-state index contributed by atoms with van der Waals surface area (Å²) in [5, 5.41) is -0.714. The van der Waals surface area contributed by atoms with Crippen molar-refractivity contribution >= 4 is 32.6 Å². The number of anilines is 1. The average Bonchev–Trinajstić information content (AvgIpc) is 2.24. The normalized spacial score (nSPS) is 11.6. The van der Waals surface area contributed by atoms with E-state index in [1.54, 1.807) is 12.1 Å². The largest absolute Gasteiger partial charge is 0.279 e. The molecular weight excluding hydrogens is 274 g/mol. The number of rotatable bonds is 5. The molecular formula is C12H16ClNO3S. The summed E-state index contributed by atoms with van der Waals surface area (Å²) in [4.78, 5) is 10.9. The molecule has 0 spiro atoms. The molecule has 0 heterocycles. The summed E-state index contributed by atoms with van der Waals surface area (Å²) < 4.78 is 24.2. The van der Waals surface area contributed by atoms with E-state index >= 15 is 0 Å². The molecule has 18 heavy (non-hydrogen) atoms. The summed E-state index contributed by atoms with van der Waals surface area (Å²) in [6.45, 7) is 3.73. The fourth-order valence-electron chi connectivity index (χ4n) is 1.54. The summed E-state index contributed by atoms with van der Waals surface area (Å²) in [6, 6.07) is 7.04. The number of carbonyl (C=O) groups is 1. The maximum absolute atomic E-state index is 11.6. The molecule has 0 atom stereocenters. The van der Waals surface area contributed by atoms with Gasteiger partial charge in [-0.2, -0.15) is 0 Å². The van der Waals surface area contributed by atoms with Gasteiger partial charge in [-0.25, -0.2) is 8.42 Å². The van der Waals surface area contributed by atoms with Gasteiger partial charge in [0.05, 0.1) is 11.9 Å². The summed E-state index contributed by atoms with van der Waals surface area (Å²) in [5.74, 6) is 0.361. The second-order valence-electron chi connectivity index (χ2n) is 4.37. The monoisotopic (exact) mass is 289 g/mol. The third kappa shape index (κ3) is 3.99. The summed E-state index contributed by atoms with van der Waals surface area (Å²) >= 11 is 5.27. The zero-order chi connectivity index (χ0) is 13.9. The summed E-state index contributed by atoms with van der Waals surface area (Å²) in [7, 11) is -3.52. The topological polar surface area (TPSA) is 54.5 Å². The second-order valence-corrected chi connectivity index (χ2v) is 6.70. The number of halogens is 1. The maximum Gasteiger partial charge on any atom is 0.242 e. The Hall–Kier alpha value is -1.07. The highest BCUT2D eigenvalue weighted by molar-refractivity contribution is 7.92. The van der Waals surface area contributed by atoms with Crippen molar-refractivity contribution in [2.75, 3.05) is 17.1 Å². The van der Waals surface area contributed by atoms with Crippen molar-refractivity contribution in [3.05, 3.63) is 29.8 Å². The minimum atomic E-state index is -3.52. The van der Waals surface area contributed by atoms with Crippen molar-refractivity contribution in [1.29, 1.82) is 0 Å². The number of hydrogen-bond acceptors (Lipinski definition) is 3. The molecule has 6 heteroatoms. The Morgan fingerprint density at radius 2 is 1.78 bits per heavy atom. The minimum Gasteiger partial charge on any atom is -0.279 e. The Morgan fingerprint density at radius 3 is 2.11 bits per heavy atom. The highest BCUT2D eigenvalue weighted by Gasteiger charge is 2.19. The molecule has 100 valence electrons. The number of carbonyl (C=O) groups excluding carboxylic acids is 1. The third-order valence-electron chi connectivity index (χ3n) is 2.52. The molecule has 0 N–H and O–H groups in total. The van der Waals surface area contributed by atoms with E-state index in [9.17, 15) is 13.2 Å². The van der Waals surface area contributed by atoms with Crippen LogP contribution < -0.4 is 4.31 Å². The van der Waals surface area contributed by atoms with Gasteiger partial charge in [0.15, 0.2) is 0 Å². The molecule has 0 amide bonds. The smallest absolute Gasteiger partial charge is 0.242 e. The first-order valence-corrected chi connectivity index (χ1v) is 7.70. The van der Waals surface area contributed by atoms with Crippen LogP contribution in [0.2, 0.25) is 0 Å². The standard InChI is InChI=1S/C12H16ClNO3S/c1-9(2)10-4-6-11(7-5-10)14(8-12(13)15)18(3,16)17/h4-7,9H,8H2,1-3H3. The molecule has 0 aliphatic rings. The van der Waals surface area contributed by atoms with Gasteiger partial charge in [0.1, 0.15) is 6.54 Å². The van der Waals surface area contributed by atoms with E-state index in [0.29, 0.717) is 11.6 Å². The van der Waals surface area contributed by atoms with Crippen molar-refractivity contribution in [2.24, 2.45) is 0 Å². The minimum absolute atomic E-state index is 0.360. The zero-order valence-electron chi connectivity index (χ0n) is 10.6. The molecule has 0 saturated carbocycles. The van der Waals surface area contributed by atoms with Gasteiger partial charge < -0.3 is 0 Å². The van der Waals surface area contributed by atoms with Crippen LogP contribution >= 0.6 is 11.6 Å². The molecule has 0 aliphatic heterocycles. The van der Waals surface area contributed by atoms with Crippen LogP contribution in [0.15, 0.2) is 24.3 Å². The van der Waals surface area contributed by atoms with E-state index in [-0.39, 0.29) is 6.54 Å². The lowest BCUT2D eigenvalue weighted by molar-refractivity contribution is -0.110. The van der Waals surface area contributed by atoms with Crippen LogP contribution in [0.1, 0.15) is 25.3 Å². The van der Waals surface area contributed by atoms with E-state index in [4.69, 9.17) is 11.6 Å². The molecule has 0 fully saturated rings. The van der Waals surface area contributed by atoms with E-state index < -0.39 is 15.3 Å². The van der Waals surface area contributed by atoms with Gasteiger partial charge in [-0.3, -0.25) is 9.10 Å². The average molecular weight is 290 g/mol. The first-order valence-electron chi connectivity index (χ1n) is 5.48. The van der Waals surface area contributed by atoms with Gasteiger partial charge in [0.2, 0.25) is 15.3 Å². The Kier molecular flexibility index (Phi) is 4.76. The van der Waals surface area contributed by atoms with Crippen molar-refractivity contribution in [1.82, 2.24) is 0 Å². The van der Waals surface area contributed by atoms with Crippen LogP contribution in [-0.2, 0) is 14.8 Å². The predicted molar refractivity (Wildman–Crippen MR) is 73.6 cm³/mol. The highest BCUT2D eigenvalue weighted by Crippen LogP contribution is 2.22. The first-order chi connectivity index (χ1) is 8.21. The summed E-state index contributed by atoms with van der Waals surface area (Å²) in [5.41, 5.74) is 1.54. The Bertz CT molecular complexity index is 523. The number of nitrogens with zero attached hydrogens (tertiary/aromatic N) is 1. The number of hydrogen-bond donors (Lipinski definition) is 0. The molecule has 0 aliphatic carbocycles. The van der Waals surface area contributed by atoms with Gasteiger partial charge in [0.25, 0.3) is 0 Å². The Balaban J connectivity index is 3.10. The molecule has 0 saturated heterocycles. The maximum atomic E-state index is 11.6. The van der Waals surface area contributed by atoms with E-state index in [2.05, 4.69) is 0 Å². The first kappa shape index (κ1) is 15.0. The predicted octanol–water partition coefficient (Wildman–Crippen LogP) is 2.34. The third-order valence-corrected chi connectivity index (χ3v) is 3.78. The van der Waals surface area contributed by atoms with Crippen LogP contribution in [0, 0.1) is 0 Å². The molecule has 0 unspecified atom stereocenters. The van der Waals surface area contributed by atoms with E-state index in [0.717, 1.165) is 16.1 Å². The lowest BCUT2D eigenvalue weighted by Crippen LogP contribution is -2.33. The van der Waals surface area contributed by atoms with Crippen LogP contribution in [0.4, 0.5) is 5.69 Å².